The summed E-state index contributed by atoms with van der Waals surface area (Å²) in [6.45, 7) is 4.65. The number of aromatic nitrogens is 2. The molecule has 0 bridgehead atoms. The summed E-state index contributed by atoms with van der Waals surface area (Å²) in [6, 6.07) is 14.2. The normalized spacial score (nSPS) is 19.8. The van der Waals surface area contributed by atoms with E-state index in [0.717, 1.165) is 31.6 Å². The Balaban J connectivity index is 1.13. The molecule has 2 N–H and O–H groups in total. The Hall–Kier alpha value is -3.26. The topological polar surface area (TPSA) is 70.2 Å². The van der Waals surface area contributed by atoms with E-state index >= 15 is 0 Å². The minimum atomic E-state index is -2.54. The highest BCUT2D eigenvalue weighted by Gasteiger charge is 2.57. The predicted octanol–water partition coefficient (Wildman–Crippen LogP) is 4.49. The van der Waals surface area contributed by atoms with Gasteiger partial charge < -0.3 is 10.1 Å². The van der Waals surface area contributed by atoms with Gasteiger partial charge in [-0.2, -0.15) is 5.10 Å². The molecular weight excluding hydrogens is 438 g/mol. The van der Waals surface area contributed by atoms with Gasteiger partial charge >= 0.3 is 0 Å². The number of benzene rings is 2. The van der Waals surface area contributed by atoms with Gasteiger partial charge in [0.25, 0.3) is 11.8 Å². The van der Waals surface area contributed by atoms with E-state index in [-0.39, 0.29) is 25.0 Å². The Morgan fingerprint density at radius 2 is 2.06 bits per heavy atom. The fourth-order valence-corrected chi connectivity index (χ4v) is 4.37. The molecule has 2 aliphatic rings. The molecule has 0 saturated heterocycles. The number of rotatable bonds is 8. The molecular formula is C26H28F2N4O2. The SMILES string of the molecule is C[C@H](NC(=O)c1cn[nH]c1)c1ccc(CN2CCc3cc(OCC4CC4(F)F)ccc3C2)cc1. The van der Waals surface area contributed by atoms with Crippen molar-refractivity contribution in [2.75, 3.05) is 13.2 Å². The van der Waals surface area contributed by atoms with Gasteiger partial charge in [0.1, 0.15) is 5.75 Å². The number of halogens is 2. The van der Waals surface area contributed by atoms with E-state index in [1.165, 1.54) is 22.9 Å². The average Bonchev–Trinajstić information content (AvgIpc) is 3.19. The lowest BCUT2D eigenvalue weighted by molar-refractivity contribution is 0.0855. The van der Waals surface area contributed by atoms with Crippen LogP contribution in [0.5, 0.6) is 5.75 Å². The number of ether oxygens (including phenoxy) is 1. The fraction of sp³-hybridized carbons (Fsp3) is 0.385. The van der Waals surface area contributed by atoms with Gasteiger partial charge in [0.2, 0.25) is 0 Å². The Bertz CT molecular complexity index is 1150. The monoisotopic (exact) mass is 466 g/mol. The third-order valence-electron chi connectivity index (χ3n) is 6.67. The highest BCUT2D eigenvalue weighted by molar-refractivity contribution is 5.93. The van der Waals surface area contributed by atoms with Gasteiger partial charge in [-0.25, -0.2) is 8.78 Å². The second-order valence-corrected chi connectivity index (χ2v) is 9.29. The molecule has 1 aromatic heterocycles. The maximum absolute atomic E-state index is 13.1. The summed E-state index contributed by atoms with van der Waals surface area (Å²) in [4.78, 5) is 14.6. The minimum absolute atomic E-state index is 0.0628. The number of nitrogens with zero attached hydrogens (tertiary/aromatic N) is 2. The van der Waals surface area contributed by atoms with Crippen LogP contribution in [-0.4, -0.2) is 40.1 Å². The molecule has 1 fully saturated rings. The molecule has 2 aromatic carbocycles. The number of H-pyrrole nitrogens is 1. The van der Waals surface area contributed by atoms with Crippen molar-refractivity contribution in [1.82, 2.24) is 20.4 Å². The number of alkyl halides is 2. The molecule has 1 unspecified atom stereocenters. The highest BCUT2D eigenvalue weighted by Crippen LogP contribution is 2.48. The number of nitrogens with one attached hydrogen (secondary N) is 2. The molecule has 0 radical (unpaired) electrons. The van der Waals surface area contributed by atoms with E-state index in [1.807, 2.05) is 19.1 Å². The first-order chi connectivity index (χ1) is 16.4. The highest BCUT2D eigenvalue weighted by atomic mass is 19.3. The number of fused-ring (bicyclic) bond motifs is 1. The van der Waals surface area contributed by atoms with E-state index < -0.39 is 11.8 Å². The summed E-state index contributed by atoms with van der Waals surface area (Å²) >= 11 is 0. The average molecular weight is 467 g/mol. The summed E-state index contributed by atoms with van der Waals surface area (Å²) in [5, 5.41) is 9.44. The van der Waals surface area contributed by atoms with Crippen LogP contribution in [0.15, 0.2) is 54.9 Å². The molecule has 178 valence electrons. The molecule has 5 rings (SSSR count). The van der Waals surface area contributed by atoms with Crippen LogP contribution in [0.3, 0.4) is 0 Å². The zero-order chi connectivity index (χ0) is 23.7. The van der Waals surface area contributed by atoms with Gasteiger partial charge in [-0.05, 0) is 47.7 Å². The standard InChI is InChI=1S/C26H28F2N4O2/c1-17(31-25(33)22-12-29-30-13-22)19-4-2-18(3-5-19)14-32-9-8-20-10-24(7-6-21(20)15-32)34-16-23-11-26(23,27)28/h2-7,10,12-13,17,23H,8-9,11,14-16H2,1H3,(H,29,30)(H,31,33)/t17-,23?/m0/s1. The van der Waals surface area contributed by atoms with Crippen molar-refractivity contribution < 1.29 is 18.3 Å². The van der Waals surface area contributed by atoms with Crippen LogP contribution < -0.4 is 10.1 Å². The van der Waals surface area contributed by atoms with E-state index in [4.69, 9.17) is 4.74 Å². The van der Waals surface area contributed by atoms with Gasteiger partial charge in [0.05, 0.1) is 30.3 Å². The van der Waals surface area contributed by atoms with Crippen LogP contribution in [0.4, 0.5) is 8.78 Å². The van der Waals surface area contributed by atoms with E-state index in [9.17, 15) is 13.6 Å². The van der Waals surface area contributed by atoms with Crippen LogP contribution in [-0.2, 0) is 19.5 Å². The predicted molar refractivity (Wildman–Crippen MR) is 124 cm³/mol. The quantitative estimate of drug-likeness (QED) is 0.513. The van der Waals surface area contributed by atoms with Crippen LogP contribution >= 0.6 is 0 Å². The van der Waals surface area contributed by atoms with Crippen molar-refractivity contribution in [2.45, 2.75) is 44.8 Å². The Labute approximate surface area is 197 Å². The molecule has 1 saturated carbocycles. The van der Waals surface area contributed by atoms with E-state index in [2.05, 4.69) is 50.7 Å². The number of carbonyl (C=O) groups excluding carboxylic acids is 1. The van der Waals surface area contributed by atoms with Gasteiger partial charge in [0.15, 0.2) is 0 Å². The summed E-state index contributed by atoms with van der Waals surface area (Å²) in [6.07, 6.45) is 3.92. The summed E-state index contributed by atoms with van der Waals surface area (Å²) < 4.78 is 31.7. The second-order valence-electron chi connectivity index (χ2n) is 9.29. The lowest BCUT2D eigenvalue weighted by atomic mass is 9.98. The third kappa shape index (κ3) is 5.12. The summed E-state index contributed by atoms with van der Waals surface area (Å²) in [5.41, 5.74) is 5.25. The smallest absolute Gasteiger partial charge is 0.255 e. The maximum atomic E-state index is 13.1. The lowest BCUT2D eigenvalue weighted by Crippen LogP contribution is -2.30. The second kappa shape index (κ2) is 9.18. The van der Waals surface area contributed by atoms with Crippen LogP contribution in [0.1, 0.15) is 52.0 Å². The van der Waals surface area contributed by atoms with Crippen LogP contribution in [0, 0.1) is 5.92 Å². The maximum Gasteiger partial charge on any atom is 0.255 e. The number of amides is 1. The zero-order valence-electron chi connectivity index (χ0n) is 19.1. The zero-order valence-corrected chi connectivity index (χ0v) is 19.1. The van der Waals surface area contributed by atoms with E-state index in [0.29, 0.717) is 11.3 Å². The van der Waals surface area contributed by atoms with E-state index in [1.54, 1.807) is 6.20 Å². The number of aromatic amines is 1. The molecule has 2 atom stereocenters. The van der Waals surface area contributed by atoms with Crippen LogP contribution in [0.2, 0.25) is 0 Å². The molecule has 8 heteroatoms. The minimum Gasteiger partial charge on any atom is -0.493 e. The van der Waals surface area contributed by atoms with Crippen LogP contribution in [0.25, 0.3) is 0 Å². The first kappa shape index (κ1) is 22.5. The van der Waals surface area contributed by atoms with Crippen molar-refractivity contribution >= 4 is 5.91 Å². The Kier molecular flexibility index (Phi) is 6.08. The largest absolute Gasteiger partial charge is 0.493 e. The molecule has 3 aromatic rings. The molecule has 1 amide bonds. The molecule has 0 spiro atoms. The molecule has 34 heavy (non-hydrogen) atoms. The first-order valence-electron chi connectivity index (χ1n) is 11.6. The molecule has 1 aliphatic heterocycles. The molecule has 1 aliphatic carbocycles. The van der Waals surface area contributed by atoms with Crippen molar-refractivity contribution in [3.05, 3.63) is 82.7 Å². The number of hydrogen-bond donors (Lipinski definition) is 2. The van der Waals surface area contributed by atoms with Gasteiger partial charge in [-0.15, -0.1) is 0 Å². The van der Waals surface area contributed by atoms with Crippen molar-refractivity contribution in [3.8, 4) is 5.75 Å². The summed E-state index contributed by atoms with van der Waals surface area (Å²) in [5.74, 6) is -2.66. The van der Waals surface area contributed by atoms with Crippen molar-refractivity contribution in [3.63, 3.8) is 0 Å². The van der Waals surface area contributed by atoms with Gasteiger partial charge in [0, 0.05) is 32.3 Å². The van der Waals surface area contributed by atoms with Gasteiger partial charge in [-0.1, -0.05) is 30.3 Å². The summed E-state index contributed by atoms with van der Waals surface area (Å²) in [7, 11) is 0. The van der Waals surface area contributed by atoms with Crippen molar-refractivity contribution in [1.29, 1.82) is 0 Å². The third-order valence-corrected chi connectivity index (χ3v) is 6.67. The molecule has 2 heterocycles. The number of hydrogen-bond acceptors (Lipinski definition) is 4. The molecule has 6 nitrogen and oxygen atoms in total. The Morgan fingerprint density at radius 1 is 1.26 bits per heavy atom. The van der Waals surface area contributed by atoms with Gasteiger partial charge in [-0.3, -0.25) is 14.8 Å². The van der Waals surface area contributed by atoms with Crippen molar-refractivity contribution in [2.24, 2.45) is 5.92 Å². The number of carbonyl (C=O) groups is 1. The first-order valence-corrected chi connectivity index (χ1v) is 11.6. The fourth-order valence-electron chi connectivity index (χ4n) is 4.37. The Morgan fingerprint density at radius 3 is 2.76 bits per heavy atom. The lowest BCUT2D eigenvalue weighted by Gasteiger charge is -2.29.